The number of benzene rings is 2. The molecule has 0 radical (unpaired) electrons. The molecule has 3 aromatic rings. The molecule has 0 unspecified atom stereocenters. The molecule has 1 aromatic heterocycles. The first-order valence-electron chi connectivity index (χ1n) is 12.3. The average Bonchev–Trinajstić information content (AvgIpc) is 3.60. The van der Waals surface area contributed by atoms with E-state index in [4.69, 9.17) is 9.90 Å². The molecule has 0 aliphatic carbocycles. The number of aromatic nitrogens is 1. The molecule has 0 bridgehead atoms. The fourth-order valence-corrected chi connectivity index (χ4v) is 5.11. The number of aromatic amines is 1. The molecule has 7 nitrogen and oxygen atoms in total. The Labute approximate surface area is 213 Å². The van der Waals surface area contributed by atoms with Crippen LogP contribution in [0.15, 0.2) is 48.7 Å². The minimum atomic E-state index is -5.08. The molecule has 2 atom stereocenters. The van der Waals surface area contributed by atoms with E-state index in [1.54, 1.807) is 0 Å². The number of carboxylic acids is 1. The van der Waals surface area contributed by atoms with Crippen molar-refractivity contribution in [3.8, 4) is 0 Å². The van der Waals surface area contributed by atoms with Crippen LogP contribution in [-0.4, -0.2) is 64.8 Å². The number of aryl methyl sites for hydroxylation is 1. The van der Waals surface area contributed by atoms with Crippen molar-refractivity contribution in [3.63, 3.8) is 0 Å². The molecule has 37 heavy (non-hydrogen) atoms. The molecule has 2 fully saturated rings. The number of carbonyl (C=O) groups excluding carboxylic acids is 1. The van der Waals surface area contributed by atoms with Crippen LogP contribution in [0, 0.1) is 6.92 Å². The van der Waals surface area contributed by atoms with Crippen molar-refractivity contribution in [2.45, 2.75) is 51.4 Å². The van der Waals surface area contributed by atoms with Gasteiger partial charge in [0.25, 0.3) is 5.91 Å². The molecule has 2 saturated heterocycles. The Kier molecular flexibility index (Phi) is 7.77. The number of aliphatic carboxylic acids is 1. The molecule has 198 valence electrons. The van der Waals surface area contributed by atoms with E-state index < -0.39 is 12.1 Å². The van der Waals surface area contributed by atoms with Crippen molar-refractivity contribution in [3.05, 3.63) is 59.8 Å². The molecule has 2 aliphatic rings. The first kappa shape index (κ1) is 26.5. The number of fused-ring (bicyclic) bond motifs is 1. The first-order valence-corrected chi connectivity index (χ1v) is 12.3. The van der Waals surface area contributed by atoms with Crippen LogP contribution in [0.3, 0.4) is 0 Å². The van der Waals surface area contributed by atoms with Crippen molar-refractivity contribution < 1.29 is 27.9 Å². The standard InChI is InChI=1S/C25H30N4O.C2HF3O2/c1-17-14-21(28-13-10-22(16-28)29-12-3-4-18(29)2)7-8-23(17)27-25(30)20-6-5-19-9-11-26-24(19)15-20;3-2(4,5)1(6)7/h5-9,11,14-15,18,22,26H,3-4,10,12-13,16H2,1-2H3,(H,27,30);(H,6,7)/t18-,22-;/m0./s1. The number of carbonyl (C=O) groups is 2. The van der Waals surface area contributed by atoms with Crippen LogP contribution >= 0.6 is 0 Å². The second-order valence-electron chi connectivity index (χ2n) is 9.65. The van der Waals surface area contributed by atoms with Crippen LogP contribution in [0.4, 0.5) is 24.5 Å². The van der Waals surface area contributed by atoms with E-state index in [0.717, 1.165) is 41.3 Å². The third kappa shape index (κ3) is 6.25. The number of hydrogen-bond donors (Lipinski definition) is 3. The van der Waals surface area contributed by atoms with Gasteiger partial charge in [0, 0.05) is 53.8 Å². The summed E-state index contributed by atoms with van der Waals surface area (Å²) in [5.41, 5.74) is 4.87. The first-order chi connectivity index (χ1) is 17.5. The Morgan fingerprint density at radius 2 is 1.84 bits per heavy atom. The number of likely N-dealkylation sites (tertiary alicyclic amines) is 1. The second kappa shape index (κ2) is 10.8. The van der Waals surface area contributed by atoms with Gasteiger partial charge in [-0.3, -0.25) is 9.69 Å². The Balaban J connectivity index is 0.000000405. The molecule has 2 aliphatic heterocycles. The lowest BCUT2D eigenvalue weighted by Crippen LogP contribution is -2.39. The van der Waals surface area contributed by atoms with E-state index in [-0.39, 0.29) is 5.91 Å². The predicted molar refractivity (Wildman–Crippen MR) is 137 cm³/mol. The van der Waals surface area contributed by atoms with Crippen LogP contribution in [0.25, 0.3) is 10.9 Å². The Morgan fingerprint density at radius 3 is 2.49 bits per heavy atom. The number of carboxylic acid groups (broad SMARTS) is 1. The zero-order valence-electron chi connectivity index (χ0n) is 20.8. The summed E-state index contributed by atoms with van der Waals surface area (Å²) in [6.45, 7) is 7.90. The van der Waals surface area contributed by atoms with Gasteiger partial charge in [-0.05, 0) is 87.0 Å². The quantitative estimate of drug-likeness (QED) is 0.431. The summed E-state index contributed by atoms with van der Waals surface area (Å²) in [4.78, 5) is 30.0. The maximum atomic E-state index is 12.8. The lowest BCUT2D eigenvalue weighted by atomic mass is 10.1. The van der Waals surface area contributed by atoms with Gasteiger partial charge in [0.15, 0.2) is 0 Å². The van der Waals surface area contributed by atoms with Gasteiger partial charge >= 0.3 is 12.1 Å². The van der Waals surface area contributed by atoms with E-state index >= 15 is 0 Å². The third-order valence-corrected chi connectivity index (χ3v) is 7.12. The summed E-state index contributed by atoms with van der Waals surface area (Å²) in [6.07, 6.45) is 0.717. The summed E-state index contributed by atoms with van der Waals surface area (Å²) in [7, 11) is 0. The number of anilines is 2. The monoisotopic (exact) mass is 516 g/mol. The highest BCUT2D eigenvalue weighted by Gasteiger charge is 2.38. The van der Waals surface area contributed by atoms with E-state index in [0.29, 0.717) is 11.6 Å². The van der Waals surface area contributed by atoms with Crippen LogP contribution in [0.1, 0.15) is 42.1 Å². The summed E-state index contributed by atoms with van der Waals surface area (Å²) >= 11 is 0. The molecular formula is C27H31F3N4O3. The van der Waals surface area contributed by atoms with Gasteiger partial charge in [-0.1, -0.05) is 6.07 Å². The summed E-state index contributed by atoms with van der Waals surface area (Å²) in [6, 6.07) is 15.5. The van der Waals surface area contributed by atoms with Crippen LogP contribution < -0.4 is 10.2 Å². The minimum absolute atomic E-state index is 0.0772. The maximum absolute atomic E-state index is 12.8. The lowest BCUT2D eigenvalue weighted by molar-refractivity contribution is -0.192. The van der Waals surface area contributed by atoms with Gasteiger partial charge in [-0.25, -0.2) is 4.79 Å². The van der Waals surface area contributed by atoms with Crippen molar-refractivity contribution in [2.75, 3.05) is 29.9 Å². The topological polar surface area (TPSA) is 88.7 Å². The zero-order valence-corrected chi connectivity index (χ0v) is 20.8. The maximum Gasteiger partial charge on any atom is 0.490 e. The average molecular weight is 517 g/mol. The van der Waals surface area contributed by atoms with Crippen molar-refractivity contribution in [1.29, 1.82) is 0 Å². The van der Waals surface area contributed by atoms with Crippen LogP contribution in [-0.2, 0) is 4.79 Å². The number of halogens is 3. The van der Waals surface area contributed by atoms with Crippen molar-refractivity contribution in [2.24, 2.45) is 0 Å². The molecule has 2 aromatic carbocycles. The molecule has 0 spiro atoms. The summed E-state index contributed by atoms with van der Waals surface area (Å²) < 4.78 is 31.7. The molecule has 1 amide bonds. The van der Waals surface area contributed by atoms with Gasteiger partial charge in [0.2, 0.25) is 0 Å². The Morgan fingerprint density at radius 1 is 1.08 bits per heavy atom. The number of nitrogens with zero attached hydrogens (tertiary/aromatic N) is 2. The fourth-order valence-electron chi connectivity index (χ4n) is 5.11. The van der Waals surface area contributed by atoms with Gasteiger partial charge in [0.05, 0.1) is 0 Å². The highest BCUT2D eigenvalue weighted by atomic mass is 19.4. The zero-order chi connectivity index (χ0) is 26.7. The van der Waals surface area contributed by atoms with Gasteiger partial charge in [-0.2, -0.15) is 13.2 Å². The molecular weight excluding hydrogens is 485 g/mol. The van der Waals surface area contributed by atoms with Gasteiger partial charge in [-0.15, -0.1) is 0 Å². The molecule has 10 heteroatoms. The Bertz CT molecular complexity index is 1270. The molecule has 5 rings (SSSR count). The largest absolute Gasteiger partial charge is 0.490 e. The number of hydrogen-bond acceptors (Lipinski definition) is 4. The van der Waals surface area contributed by atoms with E-state index in [1.807, 2.05) is 36.5 Å². The highest BCUT2D eigenvalue weighted by molar-refractivity contribution is 6.06. The number of alkyl halides is 3. The van der Waals surface area contributed by atoms with Gasteiger partial charge in [0.1, 0.15) is 0 Å². The molecule has 0 saturated carbocycles. The van der Waals surface area contributed by atoms with Crippen molar-refractivity contribution in [1.82, 2.24) is 9.88 Å². The summed E-state index contributed by atoms with van der Waals surface area (Å²) in [5.74, 6) is -2.83. The second-order valence-corrected chi connectivity index (χ2v) is 9.65. The SMILES string of the molecule is Cc1cc(N2CC[C@H](N3CCC[C@@H]3C)C2)ccc1NC(=O)c1ccc2cc[nH]c2c1.O=C(O)C(F)(F)F. The number of nitrogens with one attached hydrogen (secondary N) is 2. The van der Waals surface area contributed by atoms with Crippen LogP contribution in [0.5, 0.6) is 0 Å². The van der Waals surface area contributed by atoms with E-state index in [9.17, 15) is 18.0 Å². The normalized spacial score (nSPS) is 20.1. The third-order valence-electron chi connectivity index (χ3n) is 7.12. The molecule has 3 heterocycles. The highest BCUT2D eigenvalue weighted by Crippen LogP contribution is 2.30. The molecule has 3 N–H and O–H groups in total. The minimum Gasteiger partial charge on any atom is -0.475 e. The van der Waals surface area contributed by atoms with E-state index in [1.165, 1.54) is 31.5 Å². The lowest BCUT2D eigenvalue weighted by Gasteiger charge is -2.28. The smallest absolute Gasteiger partial charge is 0.475 e. The van der Waals surface area contributed by atoms with E-state index in [2.05, 4.69) is 46.1 Å². The number of H-pyrrole nitrogens is 1. The van der Waals surface area contributed by atoms with Crippen LogP contribution in [0.2, 0.25) is 0 Å². The number of rotatable bonds is 4. The predicted octanol–water partition coefficient (Wildman–Crippen LogP) is 5.42. The number of amides is 1. The van der Waals surface area contributed by atoms with Gasteiger partial charge < -0.3 is 20.3 Å². The summed E-state index contributed by atoms with van der Waals surface area (Å²) in [5, 5.41) is 11.3. The van der Waals surface area contributed by atoms with Crippen molar-refractivity contribution >= 4 is 34.2 Å². The Hall–Kier alpha value is -3.53. The fraction of sp³-hybridized carbons (Fsp3) is 0.407.